The van der Waals surface area contributed by atoms with Gasteiger partial charge >= 0.3 is 0 Å². The minimum absolute atomic E-state index is 0.136. The number of sulfone groups is 1. The molecule has 1 amide bonds. The molecule has 0 saturated heterocycles. The van der Waals surface area contributed by atoms with Gasteiger partial charge in [0.2, 0.25) is 5.91 Å². The molecule has 0 aromatic rings. The fourth-order valence-corrected chi connectivity index (χ4v) is 4.02. The van der Waals surface area contributed by atoms with Crippen LogP contribution < -0.4 is 0 Å². The largest absolute Gasteiger partial charge is 0.395 e. The summed E-state index contributed by atoms with van der Waals surface area (Å²) in [4.78, 5) is 13.2. The number of carbonyl (C=O) groups excluding carboxylic acids is 1. The van der Waals surface area contributed by atoms with Crippen molar-refractivity contribution in [1.29, 1.82) is 0 Å². The molecule has 0 atom stereocenters. The molecule has 0 unspecified atom stereocenters. The van der Waals surface area contributed by atoms with Gasteiger partial charge in [-0.1, -0.05) is 12.8 Å². The molecule has 5 nitrogen and oxygen atoms in total. The summed E-state index contributed by atoms with van der Waals surface area (Å²) in [7, 11) is -3.31. The normalized spacial score (nSPS) is 17.3. The lowest BCUT2D eigenvalue weighted by Gasteiger charge is -2.20. The number of carbonyl (C=O) groups is 1. The van der Waals surface area contributed by atoms with Crippen LogP contribution >= 0.6 is 0 Å². The average molecular weight is 263 g/mol. The summed E-state index contributed by atoms with van der Waals surface area (Å²) < 4.78 is 23.9. The predicted octanol–water partition coefficient (Wildman–Crippen LogP) is 0.185. The molecule has 17 heavy (non-hydrogen) atoms. The molecule has 0 radical (unpaired) electrons. The van der Waals surface area contributed by atoms with Crippen molar-refractivity contribution in [3.05, 3.63) is 0 Å². The Morgan fingerprint density at radius 2 is 1.94 bits per heavy atom. The number of hydrogen-bond donors (Lipinski definition) is 1. The molecule has 0 spiro atoms. The van der Waals surface area contributed by atoms with Crippen molar-refractivity contribution in [3.8, 4) is 0 Å². The van der Waals surface area contributed by atoms with Crippen molar-refractivity contribution in [2.24, 2.45) is 0 Å². The Morgan fingerprint density at radius 1 is 1.35 bits per heavy atom. The molecule has 0 heterocycles. The summed E-state index contributed by atoms with van der Waals surface area (Å²) in [5.41, 5.74) is 0. The van der Waals surface area contributed by atoms with Crippen molar-refractivity contribution in [3.63, 3.8) is 0 Å². The number of hydrogen-bond acceptors (Lipinski definition) is 4. The van der Waals surface area contributed by atoms with Gasteiger partial charge in [-0.15, -0.1) is 0 Å². The Hall–Kier alpha value is -0.620. The van der Waals surface area contributed by atoms with Crippen LogP contribution in [-0.2, 0) is 14.6 Å². The van der Waals surface area contributed by atoms with Crippen LogP contribution in [0.5, 0.6) is 0 Å². The zero-order valence-corrected chi connectivity index (χ0v) is 11.1. The van der Waals surface area contributed by atoms with E-state index in [-0.39, 0.29) is 18.4 Å². The quantitative estimate of drug-likeness (QED) is 0.742. The Balaban J connectivity index is 2.59. The zero-order valence-electron chi connectivity index (χ0n) is 10.3. The van der Waals surface area contributed by atoms with Crippen LogP contribution in [0.2, 0.25) is 0 Å². The van der Waals surface area contributed by atoms with E-state index in [0.717, 1.165) is 12.8 Å². The lowest BCUT2D eigenvalue weighted by Crippen LogP contribution is -2.39. The molecule has 1 fully saturated rings. The van der Waals surface area contributed by atoms with Crippen LogP contribution in [0.15, 0.2) is 0 Å². The standard InChI is InChI=1S/C11H21NO4S/c1-2-12(7-8-13)11(14)9-17(15,16)10-5-3-4-6-10/h10,13H,2-9H2,1H3. The molecule has 0 bridgehead atoms. The topological polar surface area (TPSA) is 74.7 Å². The second kappa shape index (κ2) is 6.35. The van der Waals surface area contributed by atoms with Crippen LogP contribution in [-0.4, -0.2) is 55.0 Å². The minimum Gasteiger partial charge on any atom is -0.395 e. The number of aliphatic hydroxyl groups excluding tert-OH is 1. The fraction of sp³-hybridized carbons (Fsp3) is 0.909. The second-order valence-corrected chi connectivity index (χ2v) is 6.69. The van der Waals surface area contributed by atoms with Crippen LogP contribution in [0.4, 0.5) is 0 Å². The monoisotopic (exact) mass is 263 g/mol. The van der Waals surface area contributed by atoms with Gasteiger partial charge in [-0.25, -0.2) is 8.42 Å². The lowest BCUT2D eigenvalue weighted by molar-refractivity contribution is -0.128. The maximum absolute atomic E-state index is 12.0. The Labute approximate surface area is 103 Å². The van der Waals surface area contributed by atoms with Crippen LogP contribution in [0.3, 0.4) is 0 Å². The first kappa shape index (κ1) is 14.4. The Morgan fingerprint density at radius 3 is 2.41 bits per heavy atom. The van der Waals surface area contributed by atoms with E-state index in [2.05, 4.69) is 0 Å². The predicted molar refractivity (Wildman–Crippen MR) is 65.4 cm³/mol. The van der Waals surface area contributed by atoms with E-state index in [1.54, 1.807) is 6.92 Å². The number of likely N-dealkylation sites (N-methyl/N-ethyl adjacent to an activating group) is 1. The molecular formula is C11H21NO4S. The lowest BCUT2D eigenvalue weighted by atomic mass is 10.4. The molecule has 0 aromatic carbocycles. The highest BCUT2D eigenvalue weighted by atomic mass is 32.2. The van der Waals surface area contributed by atoms with E-state index in [0.29, 0.717) is 19.4 Å². The first-order chi connectivity index (χ1) is 8.01. The average Bonchev–Trinajstić information content (AvgIpc) is 2.78. The van der Waals surface area contributed by atoms with Gasteiger partial charge in [-0.2, -0.15) is 0 Å². The highest BCUT2D eigenvalue weighted by molar-refractivity contribution is 7.92. The summed E-state index contributed by atoms with van der Waals surface area (Å²) in [5.74, 6) is -0.806. The van der Waals surface area contributed by atoms with E-state index < -0.39 is 21.5 Å². The summed E-state index contributed by atoms with van der Waals surface area (Å²) in [6, 6.07) is 0. The Kier molecular flexibility index (Phi) is 5.39. The third-order valence-corrected chi connectivity index (χ3v) is 5.38. The van der Waals surface area contributed by atoms with Crippen molar-refractivity contribution < 1.29 is 18.3 Å². The van der Waals surface area contributed by atoms with E-state index >= 15 is 0 Å². The van der Waals surface area contributed by atoms with Crippen molar-refractivity contribution in [2.45, 2.75) is 37.9 Å². The summed E-state index contributed by atoms with van der Waals surface area (Å²) >= 11 is 0. The maximum atomic E-state index is 12.0. The SMILES string of the molecule is CCN(CCO)C(=O)CS(=O)(=O)C1CCCC1. The van der Waals surface area contributed by atoms with Crippen LogP contribution in [0.25, 0.3) is 0 Å². The van der Waals surface area contributed by atoms with Crippen molar-refractivity contribution >= 4 is 15.7 Å². The van der Waals surface area contributed by atoms with Crippen LogP contribution in [0, 0.1) is 0 Å². The molecule has 1 aliphatic rings. The van der Waals surface area contributed by atoms with E-state index in [4.69, 9.17) is 5.11 Å². The van der Waals surface area contributed by atoms with Crippen LogP contribution in [0.1, 0.15) is 32.6 Å². The van der Waals surface area contributed by atoms with Gasteiger partial charge in [0, 0.05) is 13.1 Å². The maximum Gasteiger partial charge on any atom is 0.237 e. The number of aliphatic hydroxyl groups is 1. The van der Waals surface area contributed by atoms with Gasteiger partial charge in [-0.3, -0.25) is 4.79 Å². The van der Waals surface area contributed by atoms with E-state index in [1.165, 1.54) is 4.90 Å². The Bertz CT molecular complexity index is 346. The summed E-state index contributed by atoms with van der Waals surface area (Å²) in [5, 5.41) is 8.45. The van der Waals surface area contributed by atoms with E-state index in [1.807, 2.05) is 0 Å². The first-order valence-electron chi connectivity index (χ1n) is 6.11. The molecule has 0 aliphatic heterocycles. The number of rotatable bonds is 6. The minimum atomic E-state index is -3.31. The van der Waals surface area contributed by atoms with Gasteiger partial charge in [0.15, 0.2) is 9.84 Å². The van der Waals surface area contributed by atoms with Gasteiger partial charge < -0.3 is 10.0 Å². The highest BCUT2D eigenvalue weighted by Gasteiger charge is 2.31. The van der Waals surface area contributed by atoms with Gasteiger partial charge in [0.25, 0.3) is 0 Å². The molecule has 1 saturated carbocycles. The fourth-order valence-electron chi connectivity index (χ4n) is 2.21. The number of amides is 1. The third-order valence-electron chi connectivity index (χ3n) is 3.24. The summed E-state index contributed by atoms with van der Waals surface area (Å²) in [6.45, 7) is 2.27. The zero-order chi connectivity index (χ0) is 12.9. The first-order valence-corrected chi connectivity index (χ1v) is 7.83. The molecule has 100 valence electrons. The molecular weight excluding hydrogens is 242 g/mol. The highest BCUT2D eigenvalue weighted by Crippen LogP contribution is 2.25. The molecule has 1 rings (SSSR count). The van der Waals surface area contributed by atoms with Gasteiger partial charge in [0.05, 0.1) is 11.9 Å². The smallest absolute Gasteiger partial charge is 0.237 e. The third kappa shape index (κ3) is 3.96. The molecule has 0 aromatic heterocycles. The molecule has 1 N–H and O–H groups in total. The van der Waals surface area contributed by atoms with Gasteiger partial charge in [0.1, 0.15) is 5.75 Å². The number of nitrogens with zero attached hydrogens (tertiary/aromatic N) is 1. The molecule has 6 heteroatoms. The van der Waals surface area contributed by atoms with E-state index in [9.17, 15) is 13.2 Å². The second-order valence-electron chi connectivity index (χ2n) is 4.41. The molecule has 1 aliphatic carbocycles. The van der Waals surface area contributed by atoms with Crippen molar-refractivity contribution in [2.75, 3.05) is 25.4 Å². The van der Waals surface area contributed by atoms with Crippen molar-refractivity contribution in [1.82, 2.24) is 4.90 Å². The summed E-state index contributed by atoms with van der Waals surface area (Å²) in [6.07, 6.45) is 3.24. The van der Waals surface area contributed by atoms with Gasteiger partial charge in [-0.05, 0) is 19.8 Å².